The minimum Gasteiger partial charge on any atom is -0.504 e. The summed E-state index contributed by atoms with van der Waals surface area (Å²) in [6.07, 6.45) is 4.10. The first-order chi connectivity index (χ1) is 18.6. The van der Waals surface area contributed by atoms with E-state index in [1.165, 1.54) is 19.2 Å². The summed E-state index contributed by atoms with van der Waals surface area (Å²) in [5.74, 6) is 0.280. The van der Waals surface area contributed by atoms with Gasteiger partial charge in [-0.3, -0.25) is 0 Å². The second kappa shape index (κ2) is 9.02. The average molecular weight is 524 g/mol. The van der Waals surface area contributed by atoms with Crippen molar-refractivity contribution in [2.75, 3.05) is 12.4 Å². The lowest BCUT2D eigenvalue weighted by atomic mass is 9.82. The van der Waals surface area contributed by atoms with Crippen LogP contribution >= 0.6 is 0 Å². The number of rotatable bonds is 3. The molecule has 0 atom stereocenters. The number of halogens is 2. The number of anilines is 1. The van der Waals surface area contributed by atoms with E-state index in [4.69, 9.17) is 9.47 Å². The third-order valence-corrected chi connectivity index (χ3v) is 7.10. The van der Waals surface area contributed by atoms with Gasteiger partial charge < -0.3 is 19.9 Å². The van der Waals surface area contributed by atoms with Gasteiger partial charge in [-0.2, -0.15) is 0 Å². The number of hydrogen-bond acceptors (Lipinski definition) is 4. The van der Waals surface area contributed by atoms with Crippen molar-refractivity contribution in [3.05, 3.63) is 101 Å². The van der Waals surface area contributed by atoms with Crippen LogP contribution < -0.4 is 14.8 Å². The second-order valence-corrected chi connectivity index (χ2v) is 10.4. The van der Waals surface area contributed by atoms with Crippen molar-refractivity contribution in [3.63, 3.8) is 0 Å². The zero-order valence-corrected chi connectivity index (χ0v) is 22.0. The molecule has 6 heteroatoms. The van der Waals surface area contributed by atoms with Crippen LogP contribution in [0.1, 0.15) is 37.5 Å². The number of phenolic OH excluding ortho intramolecular Hbond substituents is 1. The minimum absolute atomic E-state index is 0.0245. The van der Waals surface area contributed by atoms with Crippen LogP contribution in [0.4, 0.5) is 14.5 Å². The monoisotopic (exact) mass is 523 g/mol. The van der Waals surface area contributed by atoms with Crippen LogP contribution in [0.25, 0.3) is 39.7 Å². The fraction of sp³-hybridized carbons (Fsp3) is 0.152. The zero-order valence-electron chi connectivity index (χ0n) is 22.0. The molecule has 4 nitrogen and oxygen atoms in total. The largest absolute Gasteiger partial charge is 0.504 e. The summed E-state index contributed by atoms with van der Waals surface area (Å²) in [5, 5.41) is 14.2. The third kappa shape index (κ3) is 4.22. The maximum atomic E-state index is 14.6. The Balaban J connectivity index is 1.58. The maximum Gasteiger partial charge on any atom is 0.172 e. The topological polar surface area (TPSA) is 50.7 Å². The van der Waals surface area contributed by atoms with Crippen LogP contribution in [-0.2, 0) is 0 Å². The highest BCUT2D eigenvalue weighted by molar-refractivity contribution is 6.02. The Morgan fingerprint density at radius 1 is 0.923 bits per heavy atom. The Bertz CT molecular complexity index is 1720. The molecule has 0 aromatic heterocycles. The van der Waals surface area contributed by atoms with Crippen molar-refractivity contribution in [2.24, 2.45) is 0 Å². The summed E-state index contributed by atoms with van der Waals surface area (Å²) in [5.41, 5.74) is 6.95. The van der Waals surface area contributed by atoms with E-state index in [9.17, 15) is 13.9 Å². The van der Waals surface area contributed by atoms with Crippen molar-refractivity contribution in [1.82, 2.24) is 0 Å². The number of fused-ring (bicyclic) bond motifs is 5. The minimum atomic E-state index is -0.622. The van der Waals surface area contributed by atoms with E-state index < -0.39 is 11.6 Å². The number of aromatic hydroxyl groups is 1. The molecular weight excluding hydrogens is 496 g/mol. The number of benzene rings is 4. The van der Waals surface area contributed by atoms with Crippen molar-refractivity contribution in [3.8, 4) is 39.5 Å². The second-order valence-electron chi connectivity index (χ2n) is 10.4. The molecule has 2 aliphatic heterocycles. The van der Waals surface area contributed by atoms with E-state index in [1.807, 2.05) is 36.4 Å². The summed E-state index contributed by atoms with van der Waals surface area (Å²) in [6, 6.07) is 18.3. The molecule has 0 aliphatic carbocycles. The van der Waals surface area contributed by atoms with E-state index in [0.29, 0.717) is 33.9 Å². The van der Waals surface area contributed by atoms with Gasteiger partial charge in [-0.05, 0) is 79.9 Å². The Morgan fingerprint density at radius 3 is 2.49 bits per heavy atom. The highest BCUT2D eigenvalue weighted by atomic mass is 19.1. The lowest BCUT2D eigenvalue weighted by molar-refractivity contribution is 0.371. The van der Waals surface area contributed by atoms with Gasteiger partial charge in [0.1, 0.15) is 23.1 Å². The maximum absolute atomic E-state index is 14.6. The molecule has 0 bridgehead atoms. The molecule has 0 amide bonds. The van der Waals surface area contributed by atoms with Crippen LogP contribution in [0.15, 0.2) is 72.8 Å². The van der Waals surface area contributed by atoms with Gasteiger partial charge in [0.05, 0.1) is 18.2 Å². The molecule has 4 aromatic rings. The Kier molecular flexibility index (Phi) is 5.72. The summed E-state index contributed by atoms with van der Waals surface area (Å²) >= 11 is 0. The quantitative estimate of drug-likeness (QED) is 0.283. The normalized spacial score (nSPS) is 15.8. The molecule has 4 aromatic carbocycles. The predicted molar refractivity (Wildman–Crippen MR) is 152 cm³/mol. The summed E-state index contributed by atoms with van der Waals surface area (Å²) in [6.45, 7) is 6.30. The molecule has 196 valence electrons. The lowest BCUT2D eigenvalue weighted by Gasteiger charge is -2.35. The van der Waals surface area contributed by atoms with Gasteiger partial charge in [0, 0.05) is 34.0 Å². The number of phenols is 1. The van der Waals surface area contributed by atoms with Crippen LogP contribution in [0.3, 0.4) is 0 Å². The first-order valence-electron chi connectivity index (χ1n) is 12.7. The van der Waals surface area contributed by atoms with E-state index >= 15 is 0 Å². The van der Waals surface area contributed by atoms with E-state index in [0.717, 1.165) is 39.6 Å². The molecule has 6 rings (SSSR count). The molecule has 0 radical (unpaired) electrons. The lowest BCUT2D eigenvalue weighted by Crippen LogP contribution is -2.32. The smallest absolute Gasteiger partial charge is 0.172 e. The van der Waals surface area contributed by atoms with Gasteiger partial charge >= 0.3 is 0 Å². The number of ether oxygens (including phenoxy) is 2. The summed E-state index contributed by atoms with van der Waals surface area (Å²) in [4.78, 5) is 0. The fourth-order valence-electron chi connectivity index (χ4n) is 5.62. The van der Waals surface area contributed by atoms with Gasteiger partial charge in [-0.15, -0.1) is 0 Å². The average Bonchev–Trinajstić information content (AvgIpc) is 2.88. The molecule has 0 saturated carbocycles. The Labute approximate surface area is 225 Å². The van der Waals surface area contributed by atoms with Crippen LogP contribution in [0.5, 0.6) is 17.2 Å². The molecule has 0 saturated heterocycles. The van der Waals surface area contributed by atoms with Gasteiger partial charge in [-0.25, -0.2) is 8.78 Å². The Hall–Kier alpha value is -4.58. The van der Waals surface area contributed by atoms with Gasteiger partial charge in [-0.1, -0.05) is 30.3 Å². The first-order valence-corrected chi connectivity index (χ1v) is 12.7. The standard InChI is InChI=1S/C33H27F2NO3/c1-18-17-33(2,3)36-25-11-10-23-30(29(18)25)28(39-27-13-12-26(37)32(38-4)31(23)27)15-19-6-5-7-20(14-19)22-9-8-21(34)16-24(22)35/h5-17,36-37H,1-4H3. The molecule has 2 aliphatic rings. The Morgan fingerprint density at radius 2 is 1.72 bits per heavy atom. The van der Waals surface area contributed by atoms with Crippen molar-refractivity contribution in [1.29, 1.82) is 0 Å². The van der Waals surface area contributed by atoms with Gasteiger partial charge in [0.2, 0.25) is 0 Å². The SMILES string of the molecule is COc1c(O)ccc2c1-c1ccc3c(c1C(=Cc1cccc(-c4ccc(F)cc4F)c1)O2)C(C)=CC(C)(C)N3. The third-order valence-electron chi connectivity index (χ3n) is 7.10. The molecule has 0 unspecified atom stereocenters. The predicted octanol–water partition coefficient (Wildman–Crippen LogP) is 8.51. The molecule has 2 N–H and O–H groups in total. The zero-order chi connectivity index (χ0) is 27.5. The summed E-state index contributed by atoms with van der Waals surface area (Å²) in [7, 11) is 1.52. The van der Waals surface area contributed by atoms with Crippen molar-refractivity contribution >= 4 is 23.1 Å². The van der Waals surface area contributed by atoms with Gasteiger partial charge in [0.25, 0.3) is 0 Å². The molecule has 0 fully saturated rings. The molecular formula is C33H27F2NO3. The number of nitrogens with one attached hydrogen (secondary N) is 1. The highest BCUT2D eigenvalue weighted by Gasteiger charge is 2.33. The first kappa shape index (κ1) is 24.7. The fourth-order valence-corrected chi connectivity index (χ4v) is 5.62. The van der Waals surface area contributed by atoms with Crippen LogP contribution in [0.2, 0.25) is 0 Å². The highest BCUT2D eigenvalue weighted by Crippen LogP contribution is 2.54. The van der Waals surface area contributed by atoms with E-state index in [1.54, 1.807) is 18.2 Å². The van der Waals surface area contributed by atoms with Gasteiger partial charge in [0.15, 0.2) is 11.5 Å². The van der Waals surface area contributed by atoms with Crippen molar-refractivity contribution in [2.45, 2.75) is 26.3 Å². The molecule has 0 spiro atoms. The van der Waals surface area contributed by atoms with E-state index in [2.05, 4.69) is 32.2 Å². The number of hydrogen-bond donors (Lipinski definition) is 2. The van der Waals surface area contributed by atoms with E-state index in [-0.39, 0.29) is 11.3 Å². The van der Waals surface area contributed by atoms with Crippen LogP contribution in [0, 0.1) is 11.6 Å². The molecule has 2 heterocycles. The number of methoxy groups -OCH3 is 1. The molecule has 39 heavy (non-hydrogen) atoms. The van der Waals surface area contributed by atoms with Crippen molar-refractivity contribution < 1.29 is 23.4 Å². The van der Waals surface area contributed by atoms with Crippen LogP contribution in [-0.4, -0.2) is 17.8 Å². The number of allylic oxidation sites excluding steroid dienone is 1. The summed E-state index contributed by atoms with van der Waals surface area (Å²) < 4.78 is 40.2.